The smallest absolute Gasteiger partial charge is 0.125 e. The Kier molecular flexibility index (Phi) is 3.58. The average molecular weight is 390 g/mol. The molecule has 0 aliphatic carbocycles. The summed E-state index contributed by atoms with van der Waals surface area (Å²) in [5, 5.41) is 1.94. The van der Waals surface area contributed by atoms with E-state index in [1.807, 2.05) is 30.5 Å². The molecule has 0 aliphatic rings. The lowest BCUT2D eigenvalue weighted by molar-refractivity contribution is 0.629. The molecule has 0 bridgehead atoms. The van der Waals surface area contributed by atoms with Gasteiger partial charge in [-0.15, -0.1) is 11.6 Å². The number of halogens is 3. The molecular formula is C18H11BrClFN2. The molecule has 23 heavy (non-hydrogen) atoms. The largest absolute Gasteiger partial charge is 0.360 e. The molecule has 2 nitrogen and oxygen atoms in total. The summed E-state index contributed by atoms with van der Waals surface area (Å²) in [5.41, 5.74) is 4.33. The SMILES string of the molecule is Fc1ccc2c(CCl)cc(-c3c[nH]c4ccc(Br)cc34)nc2c1. The van der Waals surface area contributed by atoms with Gasteiger partial charge in [-0.25, -0.2) is 9.37 Å². The first kappa shape index (κ1) is 14.7. The van der Waals surface area contributed by atoms with Gasteiger partial charge in [0.05, 0.1) is 11.2 Å². The van der Waals surface area contributed by atoms with Crippen molar-refractivity contribution in [1.29, 1.82) is 0 Å². The third-order valence-corrected chi connectivity index (χ3v) is 4.70. The molecule has 2 heterocycles. The van der Waals surface area contributed by atoms with E-state index in [2.05, 4.69) is 25.9 Å². The summed E-state index contributed by atoms with van der Waals surface area (Å²) < 4.78 is 14.6. The standard InChI is InChI=1S/C18H11BrClFN2/c19-11-1-4-16-14(6-11)15(9-22-16)17-5-10(8-20)13-3-2-12(21)7-18(13)23-17/h1-7,9,22H,8H2. The first-order valence-corrected chi connectivity index (χ1v) is 8.40. The van der Waals surface area contributed by atoms with Crippen LogP contribution in [0.25, 0.3) is 33.1 Å². The molecule has 0 fully saturated rings. The maximum Gasteiger partial charge on any atom is 0.125 e. The Morgan fingerprint density at radius 1 is 1.09 bits per heavy atom. The van der Waals surface area contributed by atoms with Crippen LogP contribution in [-0.4, -0.2) is 9.97 Å². The average Bonchev–Trinajstić information content (AvgIpc) is 2.96. The van der Waals surface area contributed by atoms with E-state index in [0.717, 1.165) is 37.6 Å². The number of nitrogens with one attached hydrogen (secondary N) is 1. The van der Waals surface area contributed by atoms with Crippen LogP contribution < -0.4 is 0 Å². The lowest BCUT2D eigenvalue weighted by Crippen LogP contribution is -1.91. The van der Waals surface area contributed by atoms with Crippen molar-refractivity contribution in [2.75, 3.05) is 0 Å². The van der Waals surface area contributed by atoms with Crippen molar-refractivity contribution in [1.82, 2.24) is 9.97 Å². The van der Waals surface area contributed by atoms with Gasteiger partial charge in [0.15, 0.2) is 0 Å². The number of rotatable bonds is 2. The van der Waals surface area contributed by atoms with Gasteiger partial charge in [0.1, 0.15) is 5.82 Å². The number of alkyl halides is 1. The summed E-state index contributed by atoms with van der Waals surface area (Å²) in [7, 11) is 0. The van der Waals surface area contributed by atoms with Gasteiger partial charge in [0.25, 0.3) is 0 Å². The summed E-state index contributed by atoms with van der Waals surface area (Å²) in [6.45, 7) is 0. The van der Waals surface area contributed by atoms with Crippen LogP contribution in [0.5, 0.6) is 0 Å². The quantitative estimate of drug-likeness (QED) is 0.417. The van der Waals surface area contributed by atoms with Crippen LogP contribution in [0.1, 0.15) is 5.56 Å². The second kappa shape index (κ2) is 5.62. The minimum atomic E-state index is -0.302. The molecule has 2 aromatic heterocycles. The molecule has 5 heteroatoms. The molecule has 1 N–H and O–H groups in total. The van der Waals surface area contributed by atoms with Crippen molar-refractivity contribution in [2.24, 2.45) is 0 Å². The summed E-state index contributed by atoms with van der Waals surface area (Å²) >= 11 is 9.58. The minimum Gasteiger partial charge on any atom is -0.360 e. The normalized spacial score (nSPS) is 11.4. The highest BCUT2D eigenvalue weighted by Gasteiger charge is 2.12. The van der Waals surface area contributed by atoms with Crippen molar-refractivity contribution < 1.29 is 4.39 Å². The number of hydrogen-bond acceptors (Lipinski definition) is 1. The molecule has 0 atom stereocenters. The van der Waals surface area contributed by atoms with Crippen molar-refractivity contribution >= 4 is 49.3 Å². The minimum absolute atomic E-state index is 0.302. The topological polar surface area (TPSA) is 28.7 Å². The second-order valence-corrected chi connectivity index (χ2v) is 6.54. The predicted molar refractivity (Wildman–Crippen MR) is 96.3 cm³/mol. The van der Waals surface area contributed by atoms with E-state index >= 15 is 0 Å². The number of benzene rings is 2. The Morgan fingerprint density at radius 3 is 2.78 bits per heavy atom. The fourth-order valence-corrected chi connectivity index (χ4v) is 3.41. The Morgan fingerprint density at radius 2 is 1.96 bits per heavy atom. The molecule has 114 valence electrons. The molecule has 0 saturated carbocycles. The maximum absolute atomic E-state index is 13.6. The third kappa shape index (κ3) is 2.52. The number of fused-ring (bicyclic) bond motifs is 2. The lowest BCUT2D eigenvalue weighted by atomic mass is 10.0. The van der Waals surface area contributed by atoms with Crippen LogP contribution in [0.2, 0.25) is 0 Å². The van der Waals surface area contributed by atoms with Gasteiger partial charge in [0, 0.05) is 44.5 Å². The Labute approximate surface area is 145 Å². The summed E-state index contributed by atoms with van der Waals surface area (Å²) in [6.07, 6.45) is 1.92. The fraction of sp³-hybridized carbons (Fsp3) is 0.0556. The van der Waals surface area contributed by atoms with Crippen LogP contribution in [0.3, 0.4) is 0 Å². The molecule has 4 aromatic rings. The van der Waals surface area contributed by atoms with Crippen LogP contribution >= 0.6 is 27.5 Å². The first-order chi connectivity index (χ1) is 11.2. The third-order valence-electron chi connectivity index (χ3n) is 3.92. The Balaban J connectivity index is 2.02. The monoisotopic (exact) mass is 388 g/mol. The van der Waals surface area contributed by atoms with Gasteiger partial charge in [0.2, 0.25) is 0 Å². The van der Waals surface area contributed by atoms with E-state index in [1.54, 1.807) is 6.07 Å². The number of pyridine rings is 1. The number of H-pyrrole nitrogens is 1. The number of aromatic nitrogens is 2. The van der Waals surface area contributed by atoms with Crippen LogP contribution in [-0.2, 0) is 5.88 Å². The van der Waals surface area contributed by atoms with Gasteiger partial charge in [-0.05, 0) is 42.0 Å². The Bertz CT molecular complexity index is 1040. The molecule has 0 unspecified atom stereocenters. The summed E-state index contributed by atoms with van der Waals surface area (Å²) in [4.78, 5) is 7.88. The van der Waals surface area contributed by atoms with E-state index in [0.29, 0.717) is 11.4 Å². The molecule has 0 spiro atoms. The van der Waals surface area contributed by atoms with E-state index in [1.165, 1.54) is 12.1 Å². The van der Waals surface area contributed by atoms with E-state index in [-0.39, 0.29) is 5.82 Å². The zero-order valence-corrected chi connectivity index (χ0v) is 14.2. The number of nitrogens with zero attached hydrogens (tertiary/aromatic N) is 1. The van der Waals surface area contributed by atoms with Crippen molar-refractivity contribution in [3.8, 4) is 11.3 Å². The summed E-state index contributed by atoms with van der Waals surface area (Å²) in [5.74, 6) is 0.0494. The zero-order valence-electron chi connectivity index (χ0n) is 11.9. The highest BCUT2D eigenvalue weighted by Crippen LogP contribution is 2.32. The summed E-state index contributed by atoms with van der Waals surface area (Å²) in [6, 6.07) is 12.6. The van der Waals surface area contributed by atoms with Gasteiger partial charge in [-0.1, -0.05) is 15.9 Å². The molecule has 0 amide bonds. The van der Waals surface area contributed by atoms with Gasteiger partial charge < -0.3 is 4.98 Å². The highest BCUT2D eigenvalue weighted by molar-refractivity contribution is 9.10. The van der Waals surface area contributed by atoms with Crippen molar-refractivity contribution in [3.05, 3.63) is 64.5 Å². The van der Waals surface area contributed by atoms with E-state index < -0.39 is 0 Å². The van der Waals surface area contributed by atoms with Crippen LogP contribution in [0, 0.1) is 5.82 Å². The fourth-order valence-electron chi connectivity index (χ4n) is 2.83. The molecule has 0 radical (unpaired) electrons. The molecule has 0 saturated heterocycles. The zero-order chi connectivity index (χ0) is 16.0. The highest BCUT2D eigenvalue weighted by atomic mass is 79.9. The Hall–Kier alpha value is -1.91. The number of hydrogen-bond donors (Lipinski definition) is 1. The predicted octanol–water partition coefficient (Wildman–Crippen LogP) is 6.02. The van der Waals surface area contributed by atoms with Gasteiger partial charge >= 0.3 is 0 Å². The van der Waals surface area contributed by atoms with Gasteiger partial charge in [-0.3, -0.25) is 0 Å². The van der Waals surface area contributed by atoms with Crippen molar-refractivity contribution in [3.63, 3.8) is 0 Å². The molecule has 0 aliphatic heterocycles. The molecular weight excluding hydrogens is 379 g/mol. The van der Waals surface area contributed by atoms with Gasteiger partial charge in [-0.2, -0.15) is 0 Å². The van der Waals surface area contributed by atoms with Crippen LogP contribution in [0.15, 0.2) is 53.1 Å². The van der Waals surface area contributed by atoms with E-state index in [4.69, 9.17) is 11.6 Å². The van der Waals surface area contributed by atoms with Crippen molar-refractivity contribution in [2.45, 2.75) is 5.88 Å². The number of aromatic amines is 1. The van der Waals surface area contributed by atoms with E-state index in [9.17, 15) is 4.39 Å². The maximum atomic E-state index is 13.6. The lowest BCUT2D eigenvalue weighted by Gasteiger charge is -2.07. The van der Waals surface area contributed by atoms with Crippen LogP contribution in [0.4, 0.5) is 4.39 Å². The molecule has 4 rings (SSSR count). The molecule has 2 aromatic carbocycles. The second-order valence-electron chi connectivity index (χ2n) is 5.35. The first-order valence-electron chi connectivity index (χ1n) is 7.08.